The molecule has 0 atom stereocenters. The number of para-hydroxylation sites is 1. The number of aromatic nitrogens is 3. The van der Waals surface area contributed by atoms with Crippen molar-refractivity contribution in [2.45, 2.75) is 13.8 Å². The van der Waals surface area contributed by atoms with Crippen LogP contribution in [0.2, 0.25) is 0 Å². The van der Waals surface area contributed by atoms with Gasteiger partial charge in [-0.2, -0.15) is 0 Å². The predicted molar refractivity (Wildman–Crippen MR) is 74.1 cm³/mol. The Hall–Kier alpha value is -1.94. The Morgan fingerprint density at radius 3 is 2.56 bits per heavy atom. The van der Waals surface area contributed by atoms with Crippen LogP contribution in [0.3, 0.4) is 0 Å². The topological polar surface area (TPSA) is 30.7 Å². The van der Waals surface area contributed by atoms with Gasteiger partial charge in [0.05, 0.1) is 10.6 Å². The lowest BCUT2D eigenvalue weighted by atomic mass is 10.2. The van der Waals surface area contributed by atoms with E-state index in [1.165, 1.54) is 5.56 Å². The first kappa shape index (κ1) is 11.2. The molecule has 0 unspecified atom stereocenters. The van der Waals surface area contributed by atoms with Gasteiger partial charge >= 0.3 is 0 Å². The van der Waals surface area contributed by atoms with Crippen molar-refractivity contribution in [3.63, 3.8) is 0 Å². The monoisotopic (exact) mass is 255 g/mol. The summed E-state index contributed by atoms with van der Waals surface area (Å²) < 4.78 is 2.11. The number of thiophene rings is 1. The molecule has 0 saturated carbocycles. The van der Waals surface area contributed by atoms with Crippen LogP contribution in [0.1, 0.15) is 11.4 Å². The molecule has 4 heteroatoms. The van der Waals surface area contributed by atoms with Crippen molar-refractivity contribution in [2.24, 2.45) is 0 Å². The molecule has 2 aromatic heterocycles. The highest BCUT2D eigenvalue weighted by molar-refractivity contribution is 7.13. The second-order valence-electron chi connectivity index (χ2n) is 4.17. The van der Waals surface area contributed by atoms with Crippen LogP contribution in [0.4, 0.5) is 0 Å². The van der Waals surface area contributed by atoms with Crippen LogP contribution in [0, 0.1) is 13.8 Å². The minimum atomic E-state index is 0.910. The van der Waals surface area contributed by atoms with Gasteiger partial charge in [-0.1, -0.05) is 24.3 Å². The van der Waals surface area contributed by atoms with E-state index in [4.69, 9.17) is 0 Å². The van der Waals surface area contributed by atoms with Gasteiger partial charge in [-0.3, -0.25) is 4.57 Å². The van der Waals surface area contributed by atoms with Crippen molar-refractivity contribution in [2.75, 3.05) is 0 Å². The smallest absolute Gasteiger partial charge is 0.178 e. The van der Waals surface area contributed by atoms with Crippen molar-refractivity contribution in [3.05, 3.63) is 53.2 Å². The lowest BCUT2D eigenvalue weighted by Crippen LogP contribution is -2.01. The first-order valence-corrected chi connectivity index (χ1v) is 6.67. The van der Waals surface area contributed by atoms with Crippen LogP contribution in [0.25, 0.3) is 16.4 Å². The number of nitrogens with zero attached hydrogens (tertiary/aromatic N) is 3. The van der Waals surface area contributed by atoms with E-state index in [1.54, 1.807) is 11.3 Å². The van der Waals surface area contributed by atoms with Crippen LogP contribution in [0.15, 0.2) is 41.8 Å². The second kappa shape index (κ2) is 4.38. The Kier molecular flexibility index (Phi) is 2.72. The van der Waals surface area contributed by atoms with Crippen molar-refractivity contribution in [3.8, 4) is 16.4 Å². The summed E-state index contributed by atoms with van der Waals surface area (Å²) in [5.74, 6) is 1.82. The van der Waals surface area contributed by atoms with Gasteiger partial charge in [0, 0.05) is 0 Å². The molecule has 18 heavy (non-hydrogen) atoms. The molecule has 3 aromatic rings. The molecular formula is C14H13N3S. The number of rotatable bonds is 2. The van der Waals surface area contributed by atoms with Crippen LogP contribution >= 0.6 is 11.3 Å². The van der Waals surface area contributed by atoms with Gasteiger partial charge in [-0.25, -0.2) is 0 Å². The maximum absolute atomic E-state index is 4.30. The van der Waals surface area contributed by atoms with Gasteiger partial charge in [-0.15, -0.1) is 21.5 Å². The fraction of sp³-hybridized carbons (Fsp3) is 0.143. The van der Waals surface area contributed by atoms with E-state index in [2.05, 4.69) is 45.3 Å². The minimum Gasteiger partial charge on any atom is -0.278 e. The first-order chi connectivity index (χ1) is 8.77. The molecular weight excluding hydrogens is 242 g/mol. The van der Waals surface area contributed by atoms with Gasteiger partial charge in [0.25, 0.3) is 0 Å². The molecule has 90 valence electrons. The summed E-state index contributed by atoms with van der Waals surface area (Å²) in [7, 11) is 0. The average molecular weight is 255 g/mol. The highest BCUT2D eigenvalue weighted by Gasteiger charge is 2.14. The van der Waals surface area contributed by atoms with Gasteiger partial charge in [-0.05, 0) is 36.9 Å². The molecule has 1 aromatic carbocycles. The van der Waals surface area contributed by atoms with Crippen LogP contribution < -0.4 is 0 Å². The van der Waals surface area contributed by atoms with Crippen molar-refractivity contribution >= 4 is 11.3 Å². The Bertz CT molecular complexity index is 668. The molecule has 0 amide bonds. The standard InChI is InChI=1S/C14H13N3S/c1-10-6-3-4-7-12(10)17-11(2)15-16-14(17)13-8-5-9-18-13/h3-9H,1-2H3. The third-order valence-electron chi connectivity index (χ3n) is 2.92. The molecule has 0 spiro atoms. The molecule has 0 saturated heterocycles. The minimum absolute atomic E-state index is 0.910. The summed E-state index contributed by atoms with van der Waals surface area (Å²) in [4.78, 5) is 1.14. The Balaban J connectivity index is 2.24. The number of benzene rings is 1. The second-order valence-corrected chi connectivity index (χ2v) is 5.12. The summed E-state index contributed by atoms with van der Waals surface area (Å²) in [5, 5.41) is 10.6. The maximum atomic E-state index is 4.30. The predicted octanol–water partition coefficient (Wildman–Crippen LogP) is 3.61. The molecule has 0 aliphatic carbocycles. The highest BCUT2D eigenvalue weighted by atomic mass is 32.1. The number of hydrogen-bond acceptors (Lipinski definition) is 3. The van der Waals surface area contributed by atoms with E-state index >= 15 is 0 Å². The number of hydrogen-bond donors (Lipinski definition) is 0. The molecule has 0 fully saturated rings. The lowest BCUT2D eigenvalue weighted by molar-refractivity contribution is 0.964. The van der Waals surface area contributed by atoms with E-state index in [0.717, 1.165) is 22.2 Å². The normalized spacial score (nSPS) is 10.8. The molecule has 0 N–H and O–H groups in total. The molecule has 0 aliphatic heterocycles. The molecule has 0 radical (unpaired) electrons. The maximum Gasteiger partial charge on any atom is 0.178 e. The summed E-state index contributed by atoms with van der Waals surface area (Å²) in [6, 6.07) is 12.4. The van der Waals surface area contributed by atoms with Crippen LogP contribution in [-0.2, 0) is 0 Å². The van der Waals surface area contributed by atoms with Crippen molar-refractivity contribution < 1.29 is 0 Å². The van der Waals surface area contributed by atoms with Gasteiger partial charge in [0.1, 0.15) is 5.82 Å². The van der Waals surface area contributed by atoms with E-state index in [1.807, 2.05) is 25.1 Å². The van der Waals surface area contributed by atoms with E-state index in [9.17, 15) is 0 Å². The Morgan fingerprint density at radius 1 is 1.00 bits per heavy atom. The molecule has 0 bridgehead atoms. The van der Waals surface area contributed by atoms with E-state index in [-0.39, 0.29) is 0 Å². The fourth-order valence-electron chi connectivity index (χ4n) is 2.03. The molecule has 3 rings (SSSR count). The van der Waals surface area contributed by atoms with E-state index in [0.29, 0.717) is 0 Å². The zero-order chi connectivity index (χ0) is 12.5. The van der Waals surface area contributed by atoms with Crippen molar-refractivity contribution in [1.82, 2.24) is 14.8 Å². The summed E-state index contributed by atoms with van der Waals surface area (Å²) >= 11 is 1.68. The Labute approximate surface area is 110 Å². The first-order valence-electron chi connectivity index (χ1n) is 5.79. The van der Waals surface area contributed by atoms with Gasteiger partial charge in [0.2, 0.25) is 0 Å². The SMILES string of the molecule is Cc1ccccc1-n1c(C)nnc1-c1cccs1. The van der Waals surface area contributed by atoms with E-state index < -0.39 is 0 Å². The highest BCUT2D eigenvalue weighted by Crippen LogP contribution is 2.27. The summed E-state index contributed by atoms with van der Waals surface area (Å²) in [6.45, 7) is 4.09. The molecule has 2 heterocycles. The average Bonchev–Trinajstić information content (AvgIpc) is 2.99. The third-order valence-corrected chi connectivity index (χ3v) is 3.79. The molecule has 0 aliphatic rings. The van der Waals surface area contributed by atoms with Gasteiger partial charge in [0.15, 0.2) is 5.82 Å². The van der Waals surface area contributed by atoms with Crippen LogP contribution in [-0.4, -0.2) is 14.8 Å². The lowest BCUT2D eigenvalue weighted by Gasteiger charge is -2.10. The fourth-order valence-corrected chi connectivity index (χ4v) is 2.73. The zero-order valence-electron chi connectivity index (χ0n) is 10.3. The third kappa shape index (κ3) is 1.75. The summed E-state index contributed by atoms with van der Waals surface area (Å²) in [6.07, 6.45) is 0. The quantitative estimate of drug-likeness (QED) is 0.700. The zero-order valence-corrected chi connectivity index (χ0v) is 11.1. The van der Waals surface area contributed by atoms with Crippen LogP contribution in [0.5, 0.6) is 0 Å². The number of aryl methyl sites for hydroxylation is 2. The Morgan fingerprint density at radius 2 is 1.83 bits per heavy atom. The summed E-state index contributed by atoms with van der Waals surface area (Å²) in [5.41, 5.74) is 2.36. The van der Waals surface area contributed by atoms with Crippen molar-refractivity contribution in [1.29, 1.82) is 0 Å². The largest absolute Gasteiger partial charge is 0.278 e. The molecule has 3 nitrogen and oxygen atoms in total. The van der Waals surface area contributed by atoms with Gasteiger partial charge < -0.3 is 0 Å².